The molecular formula is C15H25ClN2O2. The van der Waals surface area contributed by atoms with Crippen LogP contribution in [0.3, 0.4) is 0 Å². The van der Waals surface area contributed by atoms with Gasteiger partial charge in [-0.25, -0.2) is 0 Å². The maximum Gasteiger partial charge on any atom is 0.127 e. The summed E-state index contributed by atoms with van der Waals surface area (Å²) in [6.07, 6.45) is -0.0928. The Bertz CT molecular complexity index is 464. The first kappa shape index (κ1) is 17.2. The van der Waals surface area contributed by atoms with E-state index in [1.807, 2.05) is 38.9 Å². The standard InChI is InChI=1S/C15H25ClN2O2/c1-9-8-11(16)10(2)13(15(9)20-5)14(19)12(17)6-7-18(3)4/h8,12,14,19H,6-7,17H2,1-5H3. The van der Waals surface area contributed by atoms with Gasteiger partial charge in [0, 0.05) is 16.6 Å². The van der Waals surface area contributed by atoms with Crippen molar-refractivity contribution >= 4 is 11.6 Å². The molecule has 0 radical (unpaired) electrons. The third-order valence-electron chi connectivity index (χ3n) is 3.52. The van der Waals surface area contributed by atoms with Crippen molar-refractivity contribution in [3.8, 4) is 5.75 Å². The van der Waals surface area contributed by atoms with Crippen LogP contribution in [0.25, 0.3) is 0 Å². The molecule has 2 unspecified atom stereocenters. The van der Waals surface area contributed by atoms with Crippen LogP contribution in [0, 0.1) is 13.8 Å². The molecule has 4 nitrogen and oxygen atoms in total. The van der Waals surface area contributed by atoms with Crippen LogP contribution in [0.1, 0.15) is 29.2 Å². The van der Waals surface area contributed by atoms with E-state index < -0.39 is 6.10 Å². The summed E-state index contributed by atoms with van der Waals surface area (Å²) in [5.74, 6) is 0.666. The Morgan fingerprint density at radius 2 is 2.00 bits per heavy atom. The topological polar surface area (TPSA) is 58.7 Å². The molecule has 0 heterocycles. The lowest BCUT2D eigenvalue weighted by atomic mass is 9.93. The summed E-state index contributed by atoms with van der Waals surface area (Å²) in [5, 5.41) is 11.2. The summed E-state index contributed by atoms with van der Waals surface area (Å²) < 4.78 is 5.42. The zero-order valence-electron chi connectivity index (χ0n) is 12.9. The molecule has 114 valence electrons. The van der Waals surface area contributed by atoms with Crippen molar-refractivity contribution in [1.29, 1.82) is 0 Å². The van der Waals surface area contributed by atoms with E-state index in [0.29, 0.717) is 22.8 Å². The minimum absolute atomic E-state index is 0.358. The van der Waals surface area contributed by atoms with Gasteiger partial charge in [-0.2, -0.15) is 0 Å². The molecule has 0 aromatic heterocycles. The number of nitrogens with zero attached hydrogens (tertiary/aromatic N) is 1. The van der Waals surface area contributed by atoms with Crippen LogP contribution in [-0.2, 0) is 0 Å². The number of hydrogen-bond donors (Lipinski definition) is 2. The Balaban J connectivity index is 3.10. The van der Waals surface area contributed by atoms with Gasteiger partial charge in [0.2, 0.25) is 0 Å². The molecule has 5 heteroatoms. The summed E-state index contributed by atoms with van der Waals surface area (Å²) >= 11 is 6.21. The summed E-state index contributed by atoms with van der Waals surface area (Å²) in [6.45, 7) is 4.60. The first-order valence-electron chi connectivity index (χ1n) is 6.71. The van der Waals surface area contributed by atoms with Gasteiger partial charge in [0.25, 0.3) is 0 Å². The van der Waals surface area contributed by atoms with Crippen LogP contribution >= 0.6 is 11.6 Å². The zero-order valence-corrected chi connectivity index (χ0v) is 13.7. The Kier molecular flexibility index (Phi) is 6.27. The largest absolute Gasteiger partial charge is 0.496 e. The smallest absolute Gasteiger partial charge is 0.127 e. The van der Waals surface area contributed by atoms with Crippen LogP contribution in [0.2, 0.25) is 5.02 Å². The predicted molar refractivity (Wildman–Crippen MR) is 83.6 cm³/mol. The fourth-order valence-corrected chi connectivity index (χ4v) is 2.55. The molecule has 1 aromatic carbocycles. The van der Waals surface area contributed by atoms with Gasteiger partial charge in [-0.05, 0) is 58.1 Å². The summed E-state index contributed by atoms with van der Waals surface area (Å²) in [4.78, 5) is 2.04. The maximum atomic E-state index is 10.6. The molecule has 1 aromatic rings. The number of nitrogens with two attached hydrogens (primary N) is 1. The number of aliphatic hydroxyl groups is 1. The van der Waals surface area contributed by atoms with Crippen LogP contribution in [0.15, 0.2) is 6.07 Å². The van der Waals surface area contributed by atoms with E-state index >= 15 is 0 Å². The van der Waals surface area contributed by atoms with Crippen LogP contribution in [0.5, 0.6) is 5.75 Å². The van der Waals surface area contributed by atoms with Gasteiger partial charge in [0.05, 0.1) is 13.2 Å². The van der Waals surface area contributed by atoms with E-state index in [-0.39, 0.29) is 6.04 Å². The van der Waals surface area contributed by atoms with Crippen LogP contribution in [-0.4, -0.2) is 43.8 Å². The van der Waals surface area contributed by atoms with Crippen molar-refractivity contribution in [2.24, 2.45) is 5.73 Å². The highest BCUT2D eigenvalue weighted by molar-refractivity contribution is 6.31. The van der Waals surface area contributed by atoms with Crippen molar-refractivity contribution in [3.63, 3.8) is 0 Å². The second-order valence-corrected chi connectivity index (χ2v) is 5.86. The van der Waals surface area contributed by atoms with E-state index in [9.17, 15) is 5.11 Å². The van der Waals surface area contributed by atoms with Crippen molar-refractivity contribution in [1.82, 2.24) is 4.90 Å². The molecule has 0 saturated carbocycles. The number of rotatable bonds is 6. The van der Waals surface area contributed by atoms with E-state index in [0.717, 1.165) is 17.7 Å². The molecule has 0 aliphatic heterocycles. The number of benzene rings is 1. The zero-order chi connectivity index (χ0) is 15.4. The lowest BCUT2D eigenvalue weighted by molar-refractivity contribution is 0.133. The number of aryl methyl sites for hydroxylation is 1. The van der Waals surface area contributed by atoms with Crippen molar-refractivity contribution in [2.75, 3.05) is 27.7 Å². The number of aliphatic hydroxyl groups excluding tert-OH is 1. The van der Waals surface area contributed by atoms with E-state index in [4.69, 9.17) is 22.1 Å². The molecule has 0 spiro atoms. The van der Waals surface area contributed by atoms with Gasteiger partial charge < -0.3 is 20.5 Å². The Hall–Kier alpha value is -0.810. The number of hydrogen-bond acceptors (Lipinski definition) is 4. The molecule has 0 fully saturated rings. The van der Waals surface area contributed by atoms with Gasteiger partial charge in [0.1, 0.15) is 5.75 Å². The molecule has 0 aliphatic carbocycles. The number of ether oxygens (including phenoxy) is 1. The van der Waals surface area contributed by atoms with E-state index in [1.54, 1.807) is 7.11 Å². The fourth-order valence-electron chi connectivity index (χ4n) is 2.28. The Labute approximate surface area is 126 Å². The van der Waals surface area contributed by atoms with Crippen molar-refractivity contribution in [2.45, 2.75) is 32.4 Å². The lowest BCUT2D eigenvalue weighted by Crippen LogP contribution is -2.32. The molecule has 20 heavy (non-hydrogen) atoms. The third-order valence-corrected chi connectivity index (χ3v) is 3.92. The maximum absolute atomic E-state index is 10.6. The average Bonchev–Trinajstić information content (AvgIpc) is 2.38. The summed E-state index contributed by atoms with van der Waals surface area (Å²) in [6, 6.07) is 1.49. The SMILES string of the molecule is COc1c(C)cc(Cl)c(C)c1C(O)C(N)CCN(C)C. The highest BCUT2D eigenvalue weighted by atomic mass is 35.5. The summed E-state index contributed by atoms with van der Waals surface area (Å²) in [7, 11) is 5.56. The minimum atomic E-state index is -0.790. The van der Waals surface area contributed by atoms with Gasteiger partial charge in [-0.15, -0.1) is 0 Å². The monoisotopic (exact) mass is 300 g/mol. The molecule has 0 aliphatic rings. The molecule has 1 rings (SSSR count). The van der Waals surface area contributed by atoms with E-state index in [1.165, 1.54) is 0 Å². The van der Waals surface area contributed by atoms with Crippen LogP contribution < -0.4 is 10.5 Å². The molecule has 3 N–H and O–H groups in total. The average molecular weight is 301 g/mol. The lowest BCUT2D eigenvalue weighted by Gasteiger charge is -2.25. The fraction of sp³-hybridized carbons (Fsp3) is 0.600. The Morgan fingerprint density at radius 3 is 2.50 bits per heavy atom. The normalized spacial score (nSPS) is 14.4. The molecule has 2 atom stereocenters. The number of halogens is 1. The van der Waals surface area contributed by atoms with Gasteiger partial charge >= 0.3 is 0 Å². The quantitative estimate of drug-likeness (QED) is 0.846. The first-order chi connectivity index (χ1) is 9.29. The van der Waals surface area contributed by atoms with Gasteiger partial charge in [-0.3, -0.25) is 0 Å². The molecule has 0 bridgehead atoms. The van der Waals surface area contributed by atoms with E-state index in [2.05, 4.69) is 0 Å². The molecular weight excluding hydrogens is 276 g/mol. The van der Waals surface area contributed by atoms with Crippen molar-refractivity contribution in [3.05, 3.63) is 27.8 Å². The van der Waals surface area contributed by atoms with Crippen molar-refractivity contribution < 1.29 is 9.84 Å². The molecule has 0 amide bonds. The Morgan fingerprint density at radius 1 is 1.40 bits per heavy atom. The third kappa shape index (κ3) is 3.85. The summed E-state index contributed by atoms with van der Waals surface area (Å²) in [5.41, 5.74) is 8.53. The predicted octanol–water partition coefficient (Wildman–Crippen LogP) is 2.28. The van der Waals surface area contributed by atoms with Crippen LogP contribution in [0.4, 0.5) is 0 Å². The minimum Gasteiger partial charge on any atom is -0.496 e. The number of methoxy groups -OCH3 is 1. The second-order valence-electron chi connectivity index (χ2n) is 5.45. The first-order valence-corrected chi connectivity index (χ1v) is 7.09. The second kappa shape index (κ2) is 7.27. The highest BCUT2D eigenvalue weighted by Gasteiger charge is 2.25. The van der Waals surface area contributed by atoms with Gasteiger partial charge in [-0.1, -0.05) is 11.6 Å². The van der Waals surface area contributed by atoms with Gasteiger partial charge in [0.15, 0.2) is 0 Å². The molecule has 0 saturated heterocycles. The highest BCUT2D eigenvalue weighted by Crippen LogP contribution is 2.37.